The lowest BCUT2D eigenvalue weighted by Gasteiger charge is -2.38. The van der Waals surface area contributed by atoms with Crippen LogP contribution in [0.5, 0.6) is 0 Å². The molecule has 3 aromatic heterocycles. The minimum absolute atomic E-state index is 0.149. The number of benzene rings is 1. The highest BCUT2D eigenvalue weighted by molar-refractivity contribution is 5.66. The van der Waals surface area contributed by atoms with Gasteiger partial charge in [-0.2, -0.15) is 0 Å². The molecule has 1 aromatic carbocycles. The number of rotatable bonds is 4. The number of aromatic nitrogens is 3. The zero-order valence-corrected chi connectivity index (χ0v) is 16.2. The summed E-state index contributed by atoms with van der Waals surface area (Å²) in [5.41, 5.74) is 3.66. The fraction of sp³-hybridized carbons (Fsp3) is 0.273. The van der Waals surface area contributed by atoms with E-state index in [1.54, 1.807) is 16.8 Å². The van der Waals surface area contributed by atoms with Crippen LogP contribution >= 0.6 is 0 Å². The normalized spacial score (nSPS) is 18.5. The lowest BCUT2D eigenvalue weighted by molar-refractivity contribution is 0.0840. The number of pyridine rings is 1. The molecule has 148 valence electrons. The van der Waals surface area contributed by atoms with Gasteiger partial charge in [0.2, 0.25) is 0 Å². The summed E-state index contributed by atoms with van der Waals surface area (Å²) in [6.45, 7) is 3.58. The minimum Gasteiger partial charge on any atom is -0.468 e. The molecule has 1 aliphatic rings. The van der Waals surface area contributed by atoms with Gasteiger partial charge in [0, 0.05) is 31.4 Å². The summed E-state index contributed by atoms with van der Waals surface area (Å²) in [5, 5.41) is 8.85. The van der Waals surface area contributed by atoms with E-state index in [2.05, 4.69) is 27.2 Å². The molecule has 5 rings (SSSR count). The highest BCUT2D eigenvalue weighted by Gasteiger charge is 2.29. The standard InChI is InChI=1S/C22H22FN5O/c1-26-9-10-27(14-19-6-3-11-29-19)15-21(26)22-20-8-7-17(13-28(20)25-24-22)16-4-2-5-18(23)12-16/h2-8,11-13,21H,9-10,14-15H2,1H3/t21-/m0/s1. The van der Waals surface area contributed by atoms with Gasteiger partial charge in [-0.25, -0.2) is 8.91 Å². The van der Waals surface area contributed by atoms with Gasteiger partial charge in [0.15, 0.2) is 0 Å². The Morgan fingerprint density at radius 1 is 1.10 bits per heavy atom. The number of likely N-dealkylation sites (N-methyl/N-ethyl adjacent to an activating group) is 1. The van der Waals surface area contributed by atoms with Gasteiger partial charge in [-0.3, -0.25) is 9.80 Å². The second-order valence-electron chi connectivity index (χ2n) is 7.54. The maximum atomic E-state index is 13.6. The molecule has 1 aliphatic heterocycles. The molecule has 0 aliphatic carbocycles. The van der Waals surface area contributed by atoms with Gasteiger partial charge in [0.25, 0.3) is 0 Å². The van der Waals surface area contributed by atoms with Crippen LogP contribution in [0.2, 0.25) is 0 Å². The summed E-state index contributed by atoms with van der Waals surface area (Å²) in [7, 11) is 2.13. The van der Waals surface area contributed by atoms with E-state index in [9.17, 15) is 4.39 Å². The Bertz CT molecular complexity index is 1120. The molecule has 1 saturated heterocycles. The fourth-order valence-electron chi connectivity index (χ4n) is 3.98. The van der Waals surface area contributed by atoms with E-state index >= 15 is 0 Å². The molecule has 0 amide bonds. The highest BCUT2D eigenvalue weighted by Crippen LogP contribution is 2.28. The van der Waals surface area contributed by atoms with Crippen LogP contribution in [-0.4, -0.2) is 51.3 Å². The van der Waals surface area contributed by atoms with E-state index in [1.807, 2.05) is 36.5 Å². The van der Waals surface area contributed by atoms with Crippen molar-refractivity contribution in [3.05, 3.63) is 78.3 Å². The summed E-state index contributed by atoms with van der Waals surface area (Å²) >= 11 is 0. The van der Waals surface area contributed by atoms with Gasteiger partial charge in [0.05, 0.1) is 24.4 Å². The lowest BCUT2D eigenvalue weighted by atomic mass is 10.1. The van der Waals surface area contributed by atoms with Crippen molar-refractivity contribution in [1.29, 1.82) is 0 Å². The van der Waals surface area contributed by atoms with E-state index in [0.717, 1.165) is 54.3 Å². The van der Waals surface area contributed by atoms with Crippen LogP contribution in [0, 0.1) is 5.82 Å². The second-order valence-corrected chi connectivity index (χ2v) is 7.54. The van der Waals surface area contributed by atoms with E-state index in [0.29, 0.717) is 0 Å². The predicted octanol–water partition coefficient (Wildman–Crippen LogP) is 3.62. The zero-order chi connectivity index (χ0) is 19.8. The van der Waals surface area contributed by atoms with Crippen molar-refractivity contribution >= 4 is 5.52 Å². The summed E-state index contributed by atoms with van der Waals surface area (Å²) in [5.74, 6) is 0.725. The van der Waals surface area contributed by atoms with Crippen molar-refractivity contribution in [3.63, 3.8) is 0 Å². The zero-order valence-electron chi connectivity index (χ0n) is 16.2. The van der Waals surface area contributed by atoms with Gasteiger partial charge >= 0.3 is 0 Å². The molecule has 29 heavy (non-hydrogen) atoms. The molecule has 1 fully saturated rings. The number of halogens is 1. The molecule has 0 saturated carbocycles. The summed E-state index contributed by atoms with van der Waals surface area (Å²) < 4.78 is 20.9. The van der Waals surface area contributed by atoms with Crippen molar-refractivity contribution in [1.82, 2.24) is 24.6 Å². The Morgan fingerprint density at radius 2 is 2.03 bits per heavy atom. The smallest absolute Gasteiger partial charge is 0.123 e. The molecule has 4 heterocycles. The Kier molecular flexibility index (Phi) is 4.61. The van der Waals surface area contributed by atoms with Crippen LogP contribution in [0.25, 0.3) is 16.6 Å². The van der Waals surface area contributed by atoms with E-state index in [1.165, 1.54) is 12.1 Å². The van der Waals surface area contributed by atoms with E-state index in [-0.39, 0.29) is 11.9 Å². The third kappa shape index (κ3) is 3.54. The second kappa shape index (κ2) is 7.42. The van der Waals surface area contributed by atoms with Crippen LogP contribution in [-0.2, 0) is 6.54 Å². The molecular formula is C22H22FN5O. The third-order valence-corrected chi connectivity index (χ3v) is 5.61. The number of piperazine rings is 1. The fourth-order valence-corrected chi connectivity index (χ4v) is 3.98. The molecule has 4 aromatic rings. The first-order valence-electron chi connectivity index (χ1n) is 9.73. The number of nitrogens with zero attached hydrogens (tertiary/aromatic N) is 5. The average molecular weight is 391 g/mol. The van der Waals surface area contributed by atoms with Crippen molar-refractivity contribution < 1.29 is 8.81 Å². The number of hydrogen-bond acceptors (Lipinski definition) is 5. The van der Waals surface area contributed by atoms with E-state index in [4.69, 9.17) is 4.42 Å². The Hall–Kier alpha value is -3.03. The van der Waals surface area contributed by atoms with Crippen molar-refractivity contribution in [2.75, 3.05) is 26.7 Å². The summed E-state index contributed by atoms with van der Waals surface area (Å²) in [6.07, 6.45) is 3.62. The third-order valence-electron chi connectivity index (χ3n) is 5.61. The first kappa shape index (κ1) is 18.0. The number of furan rings is 1. The molecular weight excluding hydrogens is 369 g/mol. The van der Waals surface area contributed by atoms with Gasteiger partial charge in [-0.1, -0.05) is 23.4 Å². The topological polar surface area (TPSA) is 49.8 Å². The predicted molar refractivity (Wildman–Crippen MR) is 108 cm³/mol. The maximum absolute atomic E-state index is 13.6. The van der Waals surface area contributed by atoms with Crippen LogP contribution in [0.15, 0.2) is 65.4 Å². The monoisotopic (exact) mass is 391 g/mol. The first-order chi connectivity index (χ1) is 14.2. The maximum Gasteiger partial charge on any atom is 0.123 e. The van der Waals surface area contributed by atoms with Crippen molar-refractivity contribution in [3.8, 4) is 11.1 Å². The average Bonchev–Trinajstić information content (AvgIpc) is 3.39. The summed E-state index contributed by atoms with van der Waals surface area (Å²) in [6, 6.07) is 14.7. The largest absolute Gasteiger partial charge is 0.468 e. The molecule has 0 spiro atoms. The Morgan fingerprint density at radius 3 is 2.86 bits per heavy atom. The molecule has 0 N–H and O–H groups in total. The van der Waals surface area contributed by atoms with Gasteiger partial charge < -0.3 is 4.42 Å². The lowest BCUT2D eigenvalue weighted by Crippen LogP contribution is -2.46. The molecule has 0 unspecified atom stereocenters. The Balaban J connectivity index is 1.43. The van der Waals surface area contributed by atoms with Gasteiger partial charge in [-0.05, 0) is 42.9 Å². The van der Waals surface area contributed by atoms with Crippen molar-refractivity contribution in [2.45, 2.75) is 12.6 Å². The summed E-state index contributed by atoms with van der Waals surface area (Å²) in [4.78, 5) is 4.71. The SMILES string of the molecule is CN1CCN(Cc2ccco2)C[C@H]1c1nnn2cc(-c3cccc(F)c3)ccc12. The van der Waals surface area contributed by atoms with E-state index < -0.39 is 0 Å². The highest BCUT2D eigenvalue weighted by atomic mass is 19.1. The van der Waals surface area contributed by atoms with Crippen LogP contribution < -0.4 is 0 Å². The first-order valence-corrected chi connectivity index (χ1v) is 9.73. The number of hydrogen-bond donors (Lipinski definition) is 0. The minimum atomic E-state index is -0.248. The molecule has 0 bridgehead atoms. The molecule has 7 heteroatoms. The van der Waals surface area contributed by atoms with Gasteiger partial charge in [-0.15, -0.1) is 5.10 Å². The van der Waals surface area contributed by atoms with Gasteiger partial charge in [0.1, 0.15) is 17.3 Å². The van der Waals surface area contributed by atoms with Crippen molar-refractivity contribution in [2.24, 2.45) is 0 Å². The number of fused-ring (bicyclic) bond motifs is 1. The molecule has 1 atom stereocenters. The van der Waals surface area contributed by atoms with Crippen LogP contribution in [0.4, 0.5) is 4.39 Å². The molecule has 6 nitrogen and oxygen atoms in total. The van der Waals surface area contributed by atoms with Crippen LogP contribution in [0.1, 0.15) is 17.5 Å². The van der Waals surface area contributed by atoms with Crippen LogP contribution in [0.3, 0.4) is 0 Å². The Labute approximate surface area is 168 Å². The quantitative estimate of drug-likeness (QED) is 0.532. The molecule has 0 radical (unpaired) electrons.